The SMILES string of the molecule is CCCC(CCC)CNS(=O)(=O)c1ccc2nccc(Nc3ccc4scnc4c3)c2c1. The molecule has 6 nitrogen and oxygen atoms in total. The van der Waals surface area contributed by atoms with Crippen LogP contribution >= 0.6 is 11.3 Å². The van der Waals surface area contributed by atoms with E-state index in [1.54, 1.807) is 35.7 Å². The second-order valence-corrected chi connectivity index (χ2v) is 10.6. The highest BCUT2D eigenvalue weighted by Crippen LogP contribution is 2.29. The molecular formula is C24H28N4O2S2. The highest BCUT2D eigenvalue weighted by atomic mass is 32.2. The fraction of sp³-hybridized carbons (Fsp3) is 0.333. The van der Waals surface area contributed by atoms with Crippen LogP contribution in [0.15, 0.2) is 59.1 Å². The second-order valence-electron chi connectivity index (χ2n) is 7.99. The largest absolute Gasteiger partial charge is 0.355 e. The smallest absolute Gasteiger partial charge is 0.240 e. The van der Waals surface area contributed by atoms with Crippen LogP contribution in [0.5, 0.6) is 0 Å². The van der Waals surface area contributed by atoms with E-state index in [4.69, 9.17) is 0 Å². The van der Waals surface area contributed by atoms with E-state index in [1.807, 2.05) is 29.8 Å². The van der Waals surface area contributed by atoms with Crippen molar-refractivity contribution in [1.82, 2.24) is 14.7 Å². The van der Waals surface area contributed by atoms with Crippen LogP contribution in [0.4, 0.5) is 11.4 Å². The molecule has 32 heavy (non-hydrogen) atoms. The van der Waals surface area contributed by atoms with Crippen LogP contribution in [-0.2, 0) is 10.0 Å². The second kappa shape index (κ2) is 9.94. The summed E-state index contributed by atoms with van der Waals surface area (Å²) in [6.07, 6.45) is 5.87. The first-order valence-corrected chi connectivity index (χ1v) is 13.3. The maximum Gasteiger partial charge on any atom is 0.240 e. The van der Waals surface area contributed by atoms with Crippen molar-refractivity contribution in [1.29, 1.82) is 0 Å². The Kier molecular flexibility index (Phi) is 7.03. The molecule has 2 aromatic heterocycles. The number of hydrogen-bond donors (Lipinski definition) is 2. The Labute approximate surface area is 193 Å². The molecule has 0 aliphatic heterocycles. The summed E-state index contributed by atoms with van der Waals surface area (Å²) in [6, 6.07) is 12.9. The van der Waals surface area contributed by atoms with Gasteiger partial charge in [0.25, 0.3) is 0 Å². The van der Waals surface area contributed by atoms with Gasteiger partial charge < -0.3 is 5.32 Å². The normalized spacial score (nSPS) is 12.1. The Morgan fingerprint density at radius 2 is 1.78 bits per heavy atom. The fourth-order valence-electron chi connectivity index (χ4n) is 3.97. The average molecular weight is 469 g/mol. The Hall–Kier alpha value is -2.55. The number of hydrogen-bond acceptors (Lipinski definition) is 6. The van der Waals surface area contributed by atoms with Gasteiger partial charge in [0.1, 0.15) is 0 Å². The van der Waals surface area contributed by atoms with Crippen molar-refractivity contribution in [2.45, 2.75) is 44.4 Å². The standard InChI is InChI=1S/C24H28N4O2S2/c1-3-5-17(6-4-2)15-27-32(29,30)19-8-9-21-20(14-19)22(11-12-25-21)28-18-7-10-24-23(13-18)26-16-31-24/h7-14,16-17,27H,3-6,15H2,1-2H3,(H,25,28). The number of sulfonamides is 1. The minimum absolute atomic E-state index is 0.253. The third kappa shape index (κ3) is 5.09. The maximum absolute atomic E-state index is 13.0. The summed E-state index contributed by atoms with van der Waals surface area (Å²) in [5, 5.41) is 4.16. The third-order valence-electron chi connectivity index (χ3n) is 5.59. The molecular weight excluding hydrogens is 440 g/mol. The van der Waals surface area contributed by atoms with Crippen LogP contribution in [0.1, 0.15) is 39.5 Å². The van der Waals surface area contributed by atoms with E-state index in [0.717, 1.165) is 58.2 Å². The minimum Gasteiger partial charge on any atom is -0.355 e. The van der Waals surface area contributed by atoms with Crippen LogP contribution in [0.3, 0.4) is 0 Å². The zero-order valence-corrected chi connectivity index (χ0v) is 20.0. The number of thiazole rings is 1. The van der Waals surface area contributed by atoms with Gasteiger partial charge in [-0.1, -0.05) is 26.7 Å². The molecule has 0 saturated carbocycles. The molecule has 2 heterocycles. The molecule has 2 aromatic carbocycles. The van der Waals surface area contributed by atoms with Crippen LogP contribution < -0.4 is 10.0 Å². The fourth-order valence-corrected chi connectivity index (χ4v) is 5.77. The molecule has 0 amide bonds. The van der Waals surface area contributed by atoms with E-state index in [9.17, 15) is 8.42 Å². The Morgan fingerprint density at radius 1 is 0.969 bits per heavy atom. The predicted molar refractivity (Wildman–Crippen MR) is 133 cm³/mol. The van der Waals surface area contributed by atoms with Crippen molar-refractivity contribution in [2.24, 2.45) is 5.92 Å². The molecule has 0 aliphatic rings. The van der Waals surface area contributed by atoms with Crippen molar-refractivity contribution in [3.8, 4) is 0 Å². The molecule has 0 aliphatic carbocycles. The first-order chi connectivity index (χ1) is 15.5. The molecule has 168 valence electrons. The van der Waals surface area contributed by atoms with Gasteiger partial charge in [0, 0.05) is 29.5 Å². The lowest BCUT2D eigenvalue weighted by Gasteiger charge is -2.16. The lowest BCUT2D eigenvalue weighted by Crippen LogP contribution is -2.29. The lowest BCUT2D eigenvalue weighted by atomic mass is 9.99. The Balaban J connectivity index is 1.61. The van der Waals surface area contributed by atoms with E-state index in [1.165, 1.54) is 0 Å². The van der Waals surface area contributed by atoms with Gasteiger partial charge in [-0.2, -0.15) is 0 Å². The molecule has 4 aromatic rings. The number of pyridine rings is 1. The number of benzene rings is 2. The van der Waals surface area contributed by atoms with Crippen molar-refractivity contribution >= 4 is 53.9 Å². The van der Waals surface area contributed by atoms with Gasteiger partial charge in [-0.25, -0.2) is 18.1 Å². The molecule has 0 spiro atoms. The van der Waals surface area contributed by atoms with E-state index in [2.05, 4.69) is 33.9 Å². The van der Waals surface area contributed by atoms with Crippen molar-refractivity contribution < 1.29 is 8.42 Å². The number of aromatic nitrogens is 2. The summed E-state index contributed by atoms with van der Waals surface area (Å²) >= 11 is 1.60. The van der Waals surface area contributed by atoms with Gasteiger partial charge in [0.2, 0.25) is 10.0 Å². The summed E-state index contributed by atoms with van der Waals surface area (Å²) in [7, 11) is -3.61. The number of nitrogens with zero attached hydrogens (tertiary/aromatic N) is 2. The van der Waals surface area contributed by atoms with Crippen LogP contribution in [0, 0.1) is 5.92 Å². The molecule has 2 N–H and O–H groups in total. The topological polar surface area (TPSA) is 84.0 Å². The molecule has 4 rings (SSSR count). The molecule has 0 saturated heterocycles. The van der Waals surface area contributed by atoms with Gasteiger partial charge in [-0.3, -0.25) is 4.98 Å². The van der Waals surface area contributed by atoms with Crippen molar-refractivity contribution in [3.63, 3.8) is 0 Å². The van der Waals surface area contributed by atoms with Crippen molar-refractivity contribution in [3.05, 3.63) is 54.2 Å². The monoisotopic (exact) mass is 468 g/mol. The van der Waals surface area contributed by atoms with E-state index in [-0.39, 0.29) is 4.90 Å². The van der Waals surface area contributed by atoms with E-state index >= 15 is 0 Å². The van der Waals surface area contributed by atoms with Gasteiger partial charge in [-0.05, 0) is 61.2 Å². The summed E-state index contributed by atoms with van der Waals surface area (Å²) < 4.78 is 30.0. The highest BCUT2D eigenvalue weighted by Gasteiger charge is 2.18. The van der Waals surface area contributed by atoms with E-state index in [0.29, 0.717) is 12.5 Å². The van der Waals surface area contributed by atoms with Crippen LogP contribution in [0.2, 0.25) is 0 Å². The highest BCUT2D eigenvalue weighted by molar-refractivity contribution is 7.89. The number of fused-ring (bicyclic) bond motifs is 2. The van der Waals surface area contributed by atoms with Crippen LogP contribution in [0.25, 0.3) is 21.1 Å². The molecule has 0 unspecified atom stereocenters. The Bertz CT molecular complexity index is 1310. The van der Waals surface area contributed by atoms with Gasteiger partial charge >= 0.3 is 0 Å². The maximum atomic E-state index is 13.0. The molecule has 0 fully saturated rings. The minimum atomic E-state index is -3.61. The number of rotatable bonds is 10. The van der Waals surface area contributed by atoms with Crippen molar-refractivity contribution in [2.75, 3.05) is 11.9 Å². The Morgan fingerprint density at radius 3 is 2.56 bits per heavy atom. The summed E-state index contributed by atoms with van der Waals surface area (Å²) in [6.45, 7) is 4.73. The quantitative estimate of drug-likeness (QED) is 0.294. The predicted octanol–water partition coefficient (Wildman–Crippen LogP) is 6.08. The van der Waals surface area contributed by atoms with Gasteiger partial charge in [-0.15, -0.1) is 11.3 Å². The van der Waals surface area contributed by atoms with Gasteiger partial charge in [0.05, 0.1) is 26.1 Å². The molecule has 0 bridgehead atoms. The van der Waals surface area contributed by atoms with Crippen LogP contribution in [-0.4, -0.2) is 24.9 Å². The molecule has 0 atom stereocenters. The molecule has 8 heteroatoms. The lowest BCUT2D eigenvalue weighted by molar-refractivity contribution is 0.433. The zero-order chi connectivity index (χ0) is 22.6. The number of nitrogens with one attached hydrogen (secondary N) is 2. The summed E-state index contributed by atoms with van der Waals surface area (Å²) in [5.74, 6) is 0.361. The van der Waals surface area contributed by atoms with E-state index < -0.39 is 10.0 Å². The first kappa shape index (κ1) is 22.6. The van der Waals surface area contributed by atoms with Gasteiger partial charge in [0.15, 0.2) is 0 Å². The number of anilines is 2. The zero-order valence-electron chi connectivity index (χ0n) is 18.3. The third-order valence-corrected chi connectivity index (χ3v) is 7.82. The average Bonchev–Trinajstić information content (AvgIpc) is 3.26. The summed E-state index contributed by atoms with van der Waals surface area (Å²) in [4.78, 5) is 9.03. The summed E-state index contributed by atoms with van der Waals surface area (Å²) in [5.41, 5.74) is 5.19. The molecule has 0 radical (unpaired) electrons. The first-order valence-electron chi connectivity index (χ1n) is 11.0.